The van der Waals surface area contributed by atoms with E-state index in [1.165, 1.54) is 19.3 Å². The van der Waals surface area contributed by atoms with Crippen LogP contribution in [0.15, 0.2) is 24.5 Å². The van der Waals surface area contributed by atoms with Gasteiger partial charge in [-0.1, -0.05) is 12.8 Å². The van der Waals surface area contributed by atoms with Crippen molar-refractivity contribution in [2.24, 2.45) is 0 Å². The minimum absolute atomic E-state index is 0.0758. The molecule has 1 aromatic rings. The van der Waals surface area contributed by atoms with Crippen LogP contribution in [0.4, 0.5) is 0 Å². The number of pyridine rings is 1. The third-order valence-electron chi connectivity index (χ3n) is 4.08. The Hall–Kier alpha value is -1.42. The van der Waals surface area contributed by atoms with Crippen molar-refractivity contribution in [2.75, 3.05) is 21.1 Å². The molecule has 1 aliphatic carbocycles. The van der Waals surface area contributed by atoms with Gasteiger partial charge >= 0.3 is 0 Å². The molecule has 0 unspecified atom stereocenters. The molecular weight excluding hydrogens is 238 g/mol. The number of carbonyl (C=O) groups is 1. The Kier molecular flexibility index (Phi) is 4.53. The third kappa shape index (κ3) is 3.13. The predicted octanol–water partition coefficient (Wildman–Crippen LogP) is 2.03. The summed E-state index contributed by atoms with van der Waals surface area (Å²) in [6, 6.07) is 4.40. The summed E-state index contributed by atoms with van der Waals surface area (Å²) < 4.78 is 0. The zero-order valence-corrected chi connectivity index (χ0v) is 12.0. The topological polar surface area (TPSA) is 36.4 Å². The van der Waals surface area contributed by atoms with Crippen molar-refractivity contribution in [2.45, 2.75) is 37.8 Å². The molecule has 4 heteroatoms. The Morgan fingerprint density at radius 3 is 2.47 bits per heavy atom. The molecular formula is C15H23N3O. The highest BCUT2D eigenvalue weighted by Crippen LogP contribution is 2.26. The zero-order chi connectivity index (χ0) is 13.8. The summed E-state index contributed by atoms with van der Waals surface area (Å²) in [7, 11) is 6.12. The van der Waals surface area contributed by atoms with Crippen LogP contribution in [0.3, 0.4) is 0 Å². The van der Waals surface area contributed by atoms with E-state index in [0.29, 0.717) is 17.6 Å². The molecule has 0 aliphatic heterocycles. The molecule has 0 bridgehead atoms. The smallest absolute Gasteiger partial charge is 0.255 e. The van der Waals surface area contributed by atoms with E-state index in [4.69, 9.17) is 0 Å². The summed E-state index contributed by atoms with van der Waals surface area (Å²) >= 11 is 0. The Morgan fingerprint density at radius 1 is 1.21 bits per heavy atom. The van der Waals surface area contributed by atoms with Gasteiger partial charge in [0.15, 0.2) is 0 Å². The Morgan fingerprint density at radius 2 is 1.89 bits per heavy atom. The van der Waals surface area contributed by atoms with Crippen LogP contribution in [0.2, 0.25) is 0 Å². The Balaban J connectivity index is 2.13. The molecule has 1 fully saturated rings. The lowest BCUT2D eigenvalue weighted by Gasteiger charge is -2.41. The van der Waals surface area contributed by atoms with E-state index in [2.05, 4.69) is 24.0 Å². The van der Waals surface area contributed by atoms with Crippen LogP contribution in [-0.4, -0.2) is 53.9 Å². The lowest BCUT2D eigenvalue weighted by atomic mass is 9.88. The molecule has 2 rings (SSSR count). The average molecular weight is 261 g/mol. The van der Waals surface area contributed by atoms with Gasteiger partial charge in [0.1, 0.15) is 0 Å². The van der Waals surface area contributed by atoms with Gasteiger partial charge in [-0.25, -0.2) is 0 Å². The second kappa shape index (κ2) is 6.15. The fourth-order valence-corrected chi connectivity index (χ4v) is 2.99. The van der Waals surface area contributed by atoms with Crippen LogP contribution in [0.1, 0.15) is 36.0 Å². The van der Waals surface area contributed by atoms with Crippen LogP contribution in [0, 0.1) is 0 Å². The first-order valence-electron chi connectivity index (χ1n) is 6.95. The standard InChI is InChI=1S/C15H23N3O/c1-17(2)13-8-4-5-9-14(13)18(3)15(19)12-7-6-10-16-11-12/h6-7,10-11,13-14H,4-5,8-9H2,1-3H3/t13-,14-/m1/s1. The van der Waals surface area contributed by atoms with Gasteiger partial charge in [-0.2, -0.15) is 0 Å². The first-order valence-corrected chi connectivity index (χ1v) is 6.95. The van der Waals surface area contributed by atoms with Gasteiger partial charge in [0.05, 0.1) is 5.56 Å². The monoisotopic (exact) mass is 261 g/mol. The molecule has 0 radical (unpaired) electrons. The normalized spacial score (nSPS) is 23.4. The number of nitrogens with zero attached hydrogens (tertiary/aromatic N) is 3. The summed E-state index contributed by atoms with van der Waals surface area (Å²) in [5, 5.41) is 0. The van der Waals surface area contributed by atoms with Crippen molar-refractivity contribution in [1.82, 2.24) is 14.8 Å². The summed E-state index contributed by atoms with van der Waals surface area (Å²) in [6.07, 6.45) is 8.06. The van der Waals surface area contributed by atoms with Gasteiger partial charge in [0.25, 0.3) is 5.91 Å². The molecule has 19 heavy (non-hydrogen) atoms. The molecule has 1 saturated carbocycles. The molecule has 4 nitrogen and oxygen atoms in total. The average Bonchev–Trinajstić information content (AvgIpc) is 2.46. The second-order valence-electron chi connectivity index (χ2n) is 5.54. The molecule has 1 heterocycles. The number of hydrogen-bond donors (Lipinski definition) is 0. The highest BCUT2D eigenvalue weighted by atomic mass is 16.2. The minimum atomic E-state index is 0.0758. The fraction of sp³-hybridized carbons (Fsp3) is 0.600. The van der Waals surface area contributed by atoms with E-state index in [0.717, 1.165) is 6.42 Å². The number of amides is 1. The molecule has 1 aromatic heterocycles. The number of rotatable bonds is 3. The highest BCUT2D eigenvalue weighted by Gasteiger charge is 2.32. The first kappa shape index (κ1) is 14.0. The first-order chi connectivity index (χ1) is 9.11. The van der Waals surface area contributed by atoms with Crippen molar-refractivity contribution in [3.05, 3.63) is 30.1 Å². The fourth-order valence-electron chi connectivity index (χ4n) is 2.99. The van der Waals surface area contributed by atoms with E-state index >= 15 is 0 Å². The van der Waals surface area contributed by atoms with Crippen molar-refractivity contribution in [3.8, 4) is 0 Å². The largest absolute Gasteiger partial charge is 0.337 e. The van der Waals surface area contributed by atoms with Gasteiger partial charge in [0.2, 0.25) is 0 Å². The predicted molar refractivity (Wildman–Crippen MR) is 76.1 cm³/mol. The highest BCUT2D eigenvalue weighted by molar-refractivity contribution is 5.93. The number of likely N-dealkylation sites (N-methyl/N-ethyl adjacent to an activating group) is 2. The molecule has 0 aromatic carbocycles. The van der Waals surface area contributed by atoms with Crippen molar-refractivity contribution < 1.29 is 4.79 Å². The quantitative estimate of drug-likeness (QED) is 0.835. The summed E-state index contributed by atoms with van der Waals surface area (Å²) in [6.45, 7) is 0. The van der Waals surface area contributed by atoms with Crippen molar-refractivity contribution >= 4 is 5.91 Å². The molecule has 1 amide bonds. The van der Waals surface area contributed by atoms with Crippen LogP contribution in [0.5, 0.6) is 0 Å². The van der Waals surface area contributed by atoms with Crippen LogP contribution < -0.4 is 0 Å². The Labute approximate surface area is 115 Å². The minimum Gasteiger partial charge on any atom is -0.337 e. The van der Waals surface area contributed by atoms with Gasteiger partial charge in [-0.05, 0) is 39.1 Å². The summed E-state index contributed by atoms with van der Waals surface area (Å²) in [4.78, 5) is 20.7. The van der Waals surface area contributed by atoms with Crippen molar-refractivity contribution in [3.63, 3.8) is 0 Å². The molecule has 1 aliphatic rings. The molecule has 0 N–H and O–H groups in total. The summed E-state index contributed by atoms with van der Waals surface area (Å²) in [5.74, 6) is 0.0758. The molecule has 104 valence electrons. The molecule has 2 atom stereocenters. The van der Waals surface area contributed by atoms with Crippen LogP contribution in [-0.2, 0) is 0 Å². The SMILES string of the molecule is CN(C)[C@@H]1CCCC[C@H]1N(C)C(=O)c1cccnc1. The lowest BCUT2D eigenvalue weighted by molar-refractivity contribution is 0.0544. The number of aromatic nitrogens is 1. The number of hydrogen-bond acceptors (Lipinski definition) is 3. The maximum absolute atomic E-state index is 12.5. The molecule has 0 saturated heterocycles. The second-order valence-corrected chi connectivity index (χ2v) is 5.54. The molecule has 0 spiro atoms. The van der Waals surface area contributed by atoms with Gasteiger partial charge in [-0.3, -0.25) is 9.78 Å². The van der Waals surface area contributed by atoms with E-state index in [1.807, 2.05) is 24.1 Å². The maximum atomic E-state index is 12.5. The zero-order valence-electron chi connectivity index (χ0n) is 12.0. The third-order valence-corrected chi connectivity index (χ3v) is 4.08. The number of carbonyl (C=O) groups excluding carboxylic acids is 1. The van der Waals surface area contributed by atoms with Gasteiger partial charge in [-0.15, -0.1) is 0 Å². The van der Waals surface area contributed by atoms with Gasteiger partial charge in [0, 0.05) is 31.5 Å². The van der Waals surface area contributed by atoms with E-state index in [-0.39, 0.29) is 5.91 Å². The van der Waals surface area contributed by atoms with Crippen LogP contribution in [0.25, 0.3) is 0 Å². The van der Waals surface area contributed by atoms with E-state index in [1.54, 1.807) is 12.4 Å². The van der Waals surface area contributed by atoms with E-state index in [9.17, 15) is 4.79 Å². The summed E-state index contributed by atoms with van der Waals surface area (Å²) in [5.41, 5.74) is 0.674. The van der Waals surface area contributed by atoms with Crippen molar-refractivity contribution in [1.29, 1.82) is 0 Å². The van der Waals surface area contributed by atoms with Crippen LogP contribution >= 0.6 is 0 Å². The van der Waals surface area contributed by atoms with Gasteiger partial charge < -0.3 is 9.80 Å². The maximum Gasteiger partial charge on any atom is 0.255 e. The Bertz CT molecular complexity index is 419. The van der Waals surface area contributed by atoms with E-state index < -0.39 is 0 Å². The lowest BCUT2D eigenvalue weighted by Crippen LogP contribution is -2.51.